The van der Waals surface area contributed by atoms with Crippen LogP contribution in [0.5, 0.6) is 0 Å². The molecule has 2 aromatic rings. The van der Waals surface area contributed by atoms with Crippen LogP contribution in [-0.2, 0) is 10.0 Å². The van der Waals surface area contributed by atoms with Crippen LogP contribution in [0.4, 0.5) is 0 Å². The molecular weight excluding hydrogens is 196 g/mol. The maximum absolute atomic E-state index is 10.8. The van der Waals surface area contributed by atoms with Crippen molar-refractivity contribution in [2.75, 3.05) is 0 Å². The minimum atomic E-state index is -3.88. The average molecular weight is 200 g/mol. The van der Waals surface area contributed by atoms with E-state index in [1.165, 1.54) is 6.20 Å². The van der Waals surface area contributed by atoms with Gasteiger partial charge in [-0.05, 0) is 0 Å². The molecule has 0 spiro atoms. The molecule has 0 aliphatic rings. The van der Waals surface area contributed by atoms with E-state index in [0.717, 1.165) is 0 Å². The Labute approximate surface area is 72.2 Å². The second kappa shape index (κ2) is 2.44. The lowest BCUT2D eigenvalue weighted by Crippen LogP contribution is -2.15. The largest absolute Gasteiger partial charge is 0.273 e. The summed E-state index contributed by atoms with van der Waals surface area (Å²) in [7, 11) is -3.88. The van der Waals surface area contributed by atoms with E-state index in [1.807, 2.05) is 0 Å². The van der Waals surface area contributed by atoms with Gasteiger partial charge in [-0.25, -0.2) is 18.5 Å². The molecule has 9 heteroatoms. The zero-order valence-corrected chi connectivity index (χ0v) is 6.98. The standard InChI is InChI=1S/C4H4N6O2S/c5-13(11,12)4-6-1-2-3(7-4)9-10-8-2/h1H,(H2,5,11,12)(H,6,7,8,9,10). The van der Waals surface area contributed by atoms with Gasteiger partial charge in [0, 0.05) is 0 Å². The summed E-state index contributed by atoms with van der Waals surface area (Å²) in [6.07, 6.45) is 1.25. The molecule has 0 aliphatic carbocycles. The van der Waals surface area contributed by atoms with E-state index in [4.69, 9.17) is 5.14 Å². The zero-order valence-electron chi connectivity index (χ0n) is 6.17. The molecule has 2 aromatic heterocycles. The SMILES string of the molecule is NS(=O)(=O)c1ncc2[nH]nnc2n1. The molecule has 0 radical (unpaired) electrons. The van der Waals surface area contributed by atoms with Crippen LogP contribution in [0, 0.1) is 0 Å². The first-order valence-corrected chi connectivity index (χ1v) is 4.68. The van der Waals surface area contributed by atoms with Crippen molar-refractivity contribution in [3.63, 3.8) is 0 Å². The Morgan fingerprint density at radius 3 is 2.92 bits per heavy atom. The van der Waals surface area contributed by atoms with Crippen molar-refractivity contribution in [2.45, 2.75) is 5.16 Å². The number of primary sulfonamides is 1. The second-order valence-electron chi connectivity index (χ2n) is 2.25. The molecule has 0 saturated carbocycles. The molecule has 0 aliphatic heterocycles. The lowest BCUT2D eigenvalue weighted by Gasteiger charge is -1.93. The van der Waals surface area contributed by atoms with E-state index in [1.54, 1.807) is 0 Å². The maximum Gasteiger partial charge on any atom is 0.273 e. The first-order chi connectivity index (χ1) is 6.07. The number of H-pyrrole nitrogens is 1. The van der Waals surface area contributed by atoms with Crippen LogP contribution in [0.3, 0.4) is 0 Å². The number of fused-ring (bicyclic) bond motifs is 1. The van der Waals surface area contributed by atoms with E-state index in [0.29, 0.717) is 5.52 Å². The highest BCUT2D eigenvalue weighted by atomic mass is 32.2. The van der Waals surface area contributed by atoms with E-state index in [2.05, 4.69) is 25.4 Å². The molecule has 2 heterocycles. The topological polar surface area (TPSA) is 128 Å². The molecule has 13 heavy (non-hydrogen) atoms. The Bertz CT molecular complexity index is 545. The van der Waals surface area contributed by atoms with Crippen LogP contribution < -0.4 is 5.14 Å². The minimum Gasteiger partial charge on any atom is -0.254 e. The van der Waals surface area contributed by atoms with Crippen molar-refractivity contribution in [3.05, 3.63) is 6.20 Å². The van der Waals surface area contributed by atoms with Crippen molar-refractivity contribution in [1.82, 2.24) is 25.4 Å². The fourth-order valence-electron chi connectivity index (χ4n) is 0.776. The van der Waals surface area contributed by atoms with Gasteiger partial charge in [-0.2, -0.15) is 4.98 Å². The highest BCUT2D eigenvalue weighted by molar-refractivity contribution is 7.89. The average Bonchev–Trinajstić information content (AvgIpc) is 2.47. The van der Waals surface area contributed by atoms with Gasteiger partial charge in [0.15, 0.2) is 0 Å². The molecule has 0 saturated heterocycles. The van der Waals surface area contributed by atoms with Crippen LogP contribution in [0.15, 0.2) is 11.4 Å². The fourth-order valence-corrected chi connectivity index (χ4v) is 1.19. The van der Waals surface area contributed by atoms with E-state index in [9.17, 15) is 8.42 Å². The third kappa shape index (κ3) is 1.34. The summed E-state index contributed by atoms with van der Waals surface area (Å²) in [6.45, 7) is 0. The molecule has 68 valence electrons. The number of aromatic nitrogens is 5. The monoisotopic (exact) mass is 200 g/mol. The summed E-state index contributed by atoms with van der Waals surface area (Å²) < 4.78 is 21.6. The van der Waals surface area contributed by atoms with Crippen LogP contribution in [-0.4, -0.2) is 33.8 Å². The number of aromatic amines is 1. The molecular formula is C4H4N6O2S. The van der Waals surface area contributed by atoms with Gasteiger partial charge in [0.2, 0.25) is 5.65 Å². The summed E-state index contributed by atoms with van der Waals surface area (Å²) in [6, 6.07) is 0. The molecule has 0 amide bonds. The lowest BCUT2D eigenvalue weighted by molar-refractivity contribution is 0.589. The molecule has 2 rings (SSSR count). The molecule has 0 unspecified atom stereocenters. The van der Waals surface area contributed by atoms with Crippen molar-refractivity contribution < 1.29 is 8.42 Å². The number of nitrogens with two attached hydrogens (primary N) is 1. The molecule has 0 fully saturated rings. The Hall–Kier alpha value is -1.61. The Balaban J connectivity index is 2.75. The zero-order chi connectivity index (χ0) is 9.47. The van der Waals surface area contributed by atoms with Gasteiger partial charge in [0.25, 0.3) is 15.2 Å². The number of nitrogens with one attached hydrogen (secondary N) is 1. The third-order valence-electron chi connectivity index (χ3n) is 1.32. The van der Waals surface area contributed by atoms with Crippen LogP contribution in [0.1, 0.15) is 0 Å². The number of hydrogen-bond donors (Lipinski definition) is 2. The van der Waals surface area contributed by atoms with E-state index in [-0.39, 0.29) is 5.65 Å². The third-order valence-corrected chi connectivity index (χ3v) is 2.02. The van der Waals surface area contributed by atoms with Crippen molar-refractivity contribution >= 4 is 21.2 Å². The summed E-state index contributed by atoms with van der Waals surface area (Å²) in [5.74, 6) is 0. The fraction of sp³-hybridized carbons (Fsp3) is 0. The minimum absolute atomic E-state index is 0.166. The van der Waals surface area contributed by atoms with Gasteiger partial charge >= 0.3 is 0 Å². The first-order valence-electron chi connectivity index (χ1n) is 3.14. The quantitative estimate of drug-likeness (QED) is 0.533. The normalized spacial score (nSPS) is 12.1. The Morgan fingerprint density at radius 1 is 1.46 bits per heavy atom. The molecule has 0 aromatic carbocycles. The molecule has 8 nitrogen and oxygen atoms in total. The summed E-state index contributed by atoms with van der Waals surface area (Å²) in [5, 5.41) is 13.7. The number of nitrogens with zero attached hydrogens (tertiary/aromatic N) is 4. The number of sulfonamides is 1. The van der Waals surface area contributed by atoms with E-state index >= 15 is 0 Å². The van der Waals surface area contributed by atoms with Crippen LogP contribution >= 0.6 is 0 Å². The van der Waals surface area contributed by atoms with Crippen LogP contribution in [0.25, 0.3) is 11.2 Å². The number of rotatable bonds is 1. The molecule has 3 N–H and O–H groups in total. The second-order valence-corrected chi connectivity index (χ2v) is 3.70. The van der Waals surface area contributed by atoms with Gasteiger partial charge in [-0.15, -0.1) is 5.10 Å². The lowest BCUT2D eigenvalue weighted by atomic mass is 10.6. The van der Waals surface area contributed by atoms with Gasteiger partial charge in [-0.3, -0.25) is 5.10 Å². The summed E-state index contributed by atoms with van der Waals surface area (Å²) in [5.41, 5.74) is 0.617. The maximum atomic E-state index is 10.8. The highest BCUT2D eigenvalue weighted by Crippen LogP contribution is 2.04. The van der Waals surface area contributed by atoms with Crippen LogP contribution in [0.2, 0.25) is 0 Å². The van der Waals surface area contributed by atoms with Gasteiger partial charge in [-0.1, -0.05) is 5.21 Å². The predicted octanol–water partition coefficient (Wildman–Crippen LogP) is -1.60. The van der Waals surface area contributed by atoms with Gasteiger partial charge < -0.3 is 0 Å². The molecule has 0 atom stereocenters. The van der Waals surface area contributed by atoms with Gasteiger partial charge in [0.05, 0.1) is 6.20 Å². The highest BCUT2D eigenvalue weighted by Gasteiger charge is 2.12. The summed E-state index contributed by atoms with van der Waals surface area (Å²) >= 11 is 0. The Kier molecular flexibility index (Phi) is 1.50. The van der Waals surface area contributed by atoms with Crippen molar-refractivity contribution in [1.29, 1.82) is 0 Å². The predicted molar refractivity (Wildman–Crippen MR) is 40.9 cm³/mol. The van der Waals surface area contributed by atoms with Crippen molar-refractivity contribution in [2.24, 2.45) is 5.14 Å². The number of hydrogen-bond acceptors (Lipinski definition) is 6. The molecule has 0 bridgehead atoms. The smallest absolute Gasteiger partial charge is 0.254 e. The first kappa shape index (κ1) is 8.01. The van der Waals surface area contributed by atoms with Gasteiger partial charge in [0.1, 0.15) is 5.52 Å². The Morgan fingerprint density at radius 2 is 2.23 bits per heavy atom. The van der Waals surface area contributed by atoms with Crippen molar-refractivity contribution in [3.8, 4) is 0 Å². The van der Waals surface area contributed by atoms with E-state index < -0.39 is 15.2 Å². The summed E-state index contributed by atoms with van der Waals surface area (Å²) in [4.78, 5) is 7.09.